The van der Waals surface area contributed by atoms with Gasteiger partial charge in [0.05, 0.1) is 0 Å². The van der Waals surface area contributed by atoms with E-state index >= 15 is 0 Å². The van der Waals surface area contributed by atoms with Gasteiger partial charge in [0.15, 0.2) is 5.60 Å². The third kappa shape index (κ3) is 3.62. The van der Waals surface area contributed by atoms with Crippen molar-refractivity contribution in [2.45, 2.75) is 52.2 Å². The number of likely N-dealkylation sites (tertiary alicyclic amines) is 1. The molecule has 0 aromatic carbocycles. The quantitative estimate of drug-likeness (QED) is 0.807. The Morgan fingerprint density at radius 2 is 1.90 bits per heavy atom. The van der Waals surface area contributed by atoms with E-state index in [-0.39, 0.29) is 25.4 Å². The average molecular weight is 287 g/mol. The van der Waals surface area contributed by atoms with Crippen molar-refractivity contribution in [1.29, 1.82) is 0 Å². The molecule has 1 aliphatic rings. The summed E-state index contributed by atoms with van der Waals surface area (Å²) in [7, 11) is 0. The van der Waals surface area contributed by atoms with Crippen LogP contribution < -0.4 is 0 Å². The average Bonchev–Trinajstić information content (AvgIpc) is 2.26. The maximum atomic E-state index is 12.0. The molecule has 2 unspecified atom stereocenters. The number of carboxylic acid groups (broad SMARTS) is 1. The maximum Gasteiger partial charge on any atom is 0.410 e. The second-order valence-corrected chi connectivity index (χ2v) is 6.76. The molecule has 0 bridgehead atoms. The molecule has 116 valence electrons. The molecule has 1 fully saturated rings. The zero-order chi connectivity index (χ0) is 15.7. The van der Waals surface area contributed by atoms with Crippen LogP contribution in [0.2, 0.25) is 0 Å². The number of carboxylic acids is 1. The summed E-state index contributed by atoms with van der Waals surface area (Å²) in [5.74, 6) is -1.79. The predicted octanol–water partition coefficient (Wildman–Crippen LogP) is 1.72. The second-order valence-electron chi connectivity index (χ2n) is 6.76. The molecular formula is C14H25NO5. The van der Waals surface area contributed by atoms with Gasteiger partial charge in [0.2, 0.25) is 0 Å². The minimum atomic E-state index is -1.77. The highest BCUT2D eigenvalue weighted by Crippen LogP contribution is 2.34. The first kappa shape index (κ1) is 16.8. The molecule has 6 nitrogen and oxygen atoms in total. The molecule has 0 saturated carbocycles. The van der Waals surface area contributed by atoms with Crippen molar-refractivity contribution in [3.8, 4) is 0 Å². The summed E-state index contributed by atoms with van der Waals surface area (Å²) >= 11 is 0. The number of nitrogens with zero attached hydrogens (tertiary/aromatic N) is 1. The Balaban J connectivity index is 2.84. The lowest BCUT2D eigenvalue weighted by molar-refractivity contribution is -0.174. The summed E-state index contributed by atoms with van der Waals surface area (Å²) in [4.78, 5) is 24.8. The highest BCUT2D eigenvalue weighted by atomic mass is 16.6. The summed E-state index contributed by atoms with van der Waals surface area (Å²) in [6, 6.07) is 0. The topological polar surface area (TPSA) is 87.1 Å². The van der Waals surface area contributed by atoms with Crippen LogP contribution >= 0.6 is 0 Å². The predicted molar refractivity (Wildman–Crippen MR) is 73.3 cm³/mol. The van der Waals surface area contributed by atoms with Crippen molar-refractivity contribution in [2.24, 2.45) is 11.8 Å². The second kappa shape index (κ2) is 5.60. The van der Waals surface area contributed by atoms with E-state index in [1.165, 1.54) is 4.90 Å². The van der Waals surface area contributed by atoms with Crippen LogP contribution in [0.5, 0.6) is 0 Å². The third-order valence-electron chi connectivity index (χ3n) is 3.62. The number of ether oxygens (including phenoxy) is 1. The van der Waals surface area contributed by atoms with Crippen LogP contribution in [0.25, 0.3) is 0 Å². The Bertz CT molecular complexity index is 388. The molecule has 0 aliphatic carbocycles. The molecule has 0 aromatic rings. The van der Waals surface area contributed by atoms with Crippen LogP contribution in [-0.4, -0.2) is 51.5 Å². The summed E-state index contributed by atoms with van der Waals surface area (Å²) < 4.78 is 5.29. The number of carbonyl (C=O) groups is 2. The van der Waals surface area contributed by atoms with E-state index < -0.39 is 29.2 Å². The van der Waals surface area contributed by atoms with Gasteiger partial charge in [-0.25, -0.2) is 9.59 Å². The van der Waals surface area contributed by atoms with E-state index in [9.17, 15) is 19.8 Å². The molecule has 1 saturated heterocycles. The Labute approximate surface area is 119 Å². The van der Waals surface area contributed by atoms with Crippen LogP contribution in [0.1, 0.15) is 41.0 Å². The van der Waals surface area contributed by atoms with E-state index in [4.69, 9.17) is 4.74 Å². The van der Waals surface area contributed by atoms with Gasteiger partial charge >= 0.3 is 12.1 Å². The molecular weight excluding hydrogens is 262 g/mol. The summed E-state index contributed by atoms with van der Waals surface area (Å²) in [6.45, 7) is 9.40. The van der Waals surface area contributed by atoms with Crippen molar-refractivity contribution in [1.82, 2.24) is 4.90 Å². The molecule has 20 heavy (non-hydrogen) atoms. The monoisotopic (exact) mass is 287 g/mol. The normalized spacial score (nSPS) is 27.6. The molecule has 0 spiro atoms. The molecule has 1 aliphatic heterocycles. The lowest BCUT2D eigenvalue weighted by atomic mass is 9.75. The summed E-state index contributed by atoms with van der Waals surface area (Å²) in [5.41, 5.74) is -2.36. The minimum Gasteiger partial charge on any atom is -0.479 e. The Morgan fingerprint density at radius 1 is 1.35 bits per heavy atom. The van der Waals surface area contributed by atoms with Crippen LogP contribution in [0.15, 0.2) is 0 Å². The zero-order valence-corrected chi connectivity index (χ0v) is 12.8. The van der Waals surface area contributed by atoms with Crippen LogP contribution in [0.3, 0.4) is 0 Å². The van der Waals surface area contributed by atoms with Crippen LogP contribution in [0.4, 0.5) is 4.79 Å². The molecule has 1 heterocycles. The fraction of sp³-hybridized carbons (Fsp3) is 0.857. The highest BCUT2D eigenvalue weighted by molar-refractivity contribution is 5.78. The fourth-order valence-electron chi connectivity index (χ4n) is 2.49. The number of hydrogen-bond acceptors (Lipinski definition) is 4. The number of amides is 1. The van der Waals surface area contributed by atoms with Crippen molar-refractivity contribution in [2.75, 3.05) is 13.1 Å². The molecule has 0 radical (unpaired) electrons. The third-order valence-corrected chi connectivity index (χ3v) is 3.62. The van der Waals surface area contributed by atoms with Gasteiger partial charge in [0.1, 0.15) is 5.60 Å². The Hall–Kier alpha value is -1.30. The molecule has 2 atom stereocenters. The lowest BCUT2D eigenvalue weighted by Crippen LogP contribution is -2.59. The van der Waals surface area contributed by atoms with Gasteiger partial charge in [-0.2, -0.15) is 0 Å². The Kier molecular flexibility index (Phi) is 4.69. The SMILES string of the molecule is CC(C)C1CN(C(=O)OC(C)(C)C)CCC1(O)C(=O)O. The molecule has 1 rings (SSSR count). The first-order valence-electron chi connectivity index (χ1n) is 6.91. The fourth-order valence-corrected chi connectivity index (χ4v) is 2.49. The van der Waals surface area contributed by atoms with Gasteiger partial charge < -0.3 is 19.8 Å². The standard InChI is InChI=1S/C14H25NO5/c1-9(2)10-8-15(12(18)20-13(3,4)5)7-6-14(10,19)11(16)17/h9-10,19H,6-8H2,1-5H3,(H,16,17). The van der Waals surface area contributed by atoms with Crippen LogP contribution in [0, 0.1) is 11.8 Å². The lowest BCUT2D eigenvalue weighted by Gasteiger charge is -2.43. The molecule has 0 aromatic heterocycles. The van der Waals surface area contributed by atoms with Gasteiger partial charge in [-0.15, -0.1) is 0 Å². The van der Waals surface area contributed by atoms with E-state index in [2.05, 4.69) is 0 Å². The largest absolute Gasteiger partial charge is 0.479 e. The van der Waals surface area contributed by atoms with Crippen molar-refractivity contribution in [3.63, 3.8) is 0 Å². The summed E-state index contributed by atoms with van der Waals surface area (Å²) in [5, 5.41) is 19.6. The Morgan fingerprint density at radius 3 is 2.30 bits per heavy atom. The van der Waals surface area contributed by atoms with E-state index in [0.717, 1.165) is 0 Å². The number of aliphatic hydroxyl groups is 1. The number of aliphatic carboxylic acids is 1. The molecule has 2 N–H and O–H groups in total. The van der Waals surface area contributed by atoms with Crippen molar-refractivity contribution < 1.29 is 24.5 Å². The maximum absolute atomic E-state index is 12.0. The molecule has 6 heteroatoms. The van der Waals surface area contributed by atoms with Crippen LogP contribution in [-0.2, 0) is 9.53 Å². The number of hydrogen-bond donors (Lipinski definition) is 2. The van der Waals surface area contributed by atoms with Gasteiger partial charge in [0, 0.05) is 25.4 Å². The summed E-state index contributed by atoms with van der Waals surface area (Å²) in [6.07, 6.45) is -0.444. The number of piperidine rings is 1. The molecule has 1 amide bonds. The van der Waals surface area contributed by atoms with Crippen molar-refractivity contribution >= 4 is 12.1 Å². The highest BCUT2D eigenvalue weighted by Gasteiger charge is 2.50. The number of rotatable bonds is 2. The zero-order valence-electron chi connectivity index (χ0n) is 12.8. The first-order chi connectivity index (χ1) is 8.97. The van der Waals surface area contributed by atoms with Gasteiger partial charge in [-0.3, -0.25) is 0 Å². The smallest absolute Gasteiger partial charge is 0.410 e. The first-order valence-corrected chi connectivity index (χ1v) is 6.91. The number of carbonyl (C=O) groups excluding carboxylic acids is 1. The van der Waals surface area contributed by atoms with E-state index in [0.29, 0.717) is 0 Å². The van der Waals surface area contributed by atoms with Gasteiger partial charge in [-0.1, -0.05) is 13.8 Å². The van der Waals surface area contributed by atoms with E-state index in [1.807, 2.05) is 13.8 Å². The minimum absolute atomic E-state index is 0.0183. The van der Waals surface area contributed by atoms with Gasteiger partial charge in [-0.05, 0) is 26.7 Å². The van der Waals surface area contributed by atoms with Crippen molar-refractivity contribution in [3.05, 3.63) is 0 Å². The van der Waals surface area contributed by atoms with Gasteiger partial charge in [0.25, 0.3) is 0 Å². The van der Waals surface area contributed by atoms with E-state index in [1.54, 1.807) is 20.8 Å².